The van der Waals surface area contributed by atoms with Crippen molar-refractivity contribution in [2.75, 3.05) is 45.2 Å². The van der Waals surface area contributed by atoms with E-state index in [4.69, 9.17) is 21.1 Å². The molecule has 2 unspecified atom stereocenters. The summed E-state index contributed by atoms with van der Waals surface area (Å²) in [7, 11) is 3.89. The number of carbonyl (C=O) groups excluding carboxylic acids is 2. The van der Waals surface area contributed by atoms with Crippen molar-refractivity contribution in [3.05, 3.63) is 71.5 Å². The Balaban J connectivity index is 0.000000967. The molecule has 36 heavy (non-hydrogen) atoms. The number of hydrogen-bond donors (Lipinski definition) is 0. The monoisotopic (exact) mass is 509 g/mol. The Hall–Kier alpha value is -3.36. The average molecular weight is 510 g/mol. The van der Waals surface area contributed by atoms with Gasteiger partial charge in [-0.15, -0.1) is 0 Å². The quantitative estimate of drug-likeness (QED) is 0.467. The molecule has 0 spiro atoms. The fraction of sp³-hybridized carbons (Fsp3) is 0.370. The van der Waals surface area contributed by atoms with Crippen molar-refractivity contribution < 1.29 is 14.3 Å². The van der Waals surface area contributed by atoms with Crippen molar-refractivity contribution in [2.45, 2.75) is 13.5 Å². The number of anilines is 1. The lowest BCUT2D eigenvalue weighted by atomic mass is 10.0. The Morgan fingerprint density at radius 1 is 1.08 bits per heavy atom. The number of hydrogen-bond acceptors (Lipinski definition) is 6. The van der Waals surface area contributed by atoms with Crippen LogP contribution in [0.2, 0.25) is 5.02 Å². The minimum Gasteiger partial charge on any atom is -0.457 e. The first-order valence-corrected chi connectivity index (χ1v) is 12.4. The molecule has 2 aliphatic heterocycles. The maximum atomic E-state index is 12.9. The van der Waals surface area contributed by atoms with Crippen LogP contribution in [0.3, 0.4) is 0 Å². The summed E-state index contributed by atoms with van der Waals surface area (Å²) in [6, 6.07) is 15.6. The van der Waals surface area contributed by atoms with E-state index in [0.717, 1.165) is 56.2 Å². The molecule has 3 aromatic rings. The van der Waals surface area contributed by atoms with E-state index in [1.807, 2.05) is 60.3 Å². The summed E-state index contributed by atoms with van der Waals surface area (Å²) in [6.45, 7) is 5.88. The summed E-state index contributed by atoms with van der Waals surface area (Å²) in [5.41, 5.74) is 2.14. The van der Waals surface area contributed by atoms with Crippen molar-refractivity contribution in [3.8, 4) is 11.5 Å². The topological polar surface area (TPSA) is 70.9 Å². The second-order valence-corrected chi connectivity index (χ2v) is 9.82. The summed E-state index contributed by atoms with van der Waals surface area (Å²) in [4.78, 5) is 28.0. The summed E-state index contributed by atoms with van der Waals surface area (Å²) in [5, 5.41) is 4.90. The first-order valence-electron chi connectivity index (χ1n) is 12.0. The molecule has 3 heterocycles. The molecule has 0 aliphatic carbocycles. The van der Waals surface area contributed by atoms with E-state index in [1.54, 1.807) is 12.4 Å². The van der Waals surface area contributed by atoms with E-state index in [2.05, 4.69) is 22.1 Å². The number of nitrogens with zero attached hydrogens (tertiary/aromatic N) is 5. The van der Waals surface area contributed by atoms with Crippen molar-refractivity contribution in [1.29, 1.82) is 0 Å². The highest BCUT2D eigenvalue weighted by molar-refractivity contribution is 6.30. The number of rotatable bonds is 5. The zero-order valence-corrected chi connectivity index (χ0v) is 21.6. The van der Waals surface area contributed by atoms with Crippen LogP contribution in [-0.2, 0) is 11.3 Å². The van der Waals surface area contributed by atoms with Crippen LogP contribution < -0.4 is 9.64 Å². The predicted octanol–water partition coefficient (Wildman–Crippen LogP) is 4.63. The molecule has 2 fully saturated rings. The van der Waals surface area contributed by atoms with Crippen LogP contribution in [-0.4, -0.2) is 72.2 Å². The number of aromatic nitrogens is 2. The number of benzene rings is 2. The van der Waals surface area contributed by atoms with Crippen molar-refractivity contribution >= 4 is 29.6 Å². The summed E-state index contributed by atoms with van der Waals surface area (Å²) in [6.07, 6.45) is 4.27. The highest BCUT2D eigenvalue weighted by Crippen LogP contribution is 2.33. The van der Waals surface area contributed by atoms with Gasteiger partial charge in [0.1, 0.15) is 17.8 Å². The molecule has 1 amide bonds. The average Bonchev–Trinajstić information content (AvgIpc) is 3.55. The van der Waals surface area contributed by atoms with Crippen LogP contribution >= 0.6 is 11.6 Å². The van der Waals surface area contributed by atoms with E-state index >= 15 is 0 Å². The maximum Gasteiger partial charge on any atom is 0.344 e. The fourth-order valence-corrected chi connectivity index (χ4v) is 4.98. The zero-order valence-electron chi connectivity index (χ0n) is 20.9. The molecule has 2 atom stereocenters. The molecule has 5 rings (SSSR count). The van der Waals surface area contributed by atoms with Gasteiger partial charge in [0.25, 0.3) is 0 Å². The standard InChI is InChI=1S/C25H28ClN5O2.C2H4O/c1-28(2)22-11-27-31(17-22)25(32)30-15-19-13-29(14-20(19)16-30)12-18-5-3-7-23(9-18)33-24-8-4-6-21(26)10-24;1-2-3/h3-11,17,19-20H,12-16H2,1-2H3;2H,1H3. The zero-order chi connectivity index (χ0) is 25.7. The molecule has 2 aliphatic rings. The van der Waals surface area contributed by atoms with Crippen molar-refractivity contribution in [3.63, 3.8) is 0 Å². The minimum absolute atomic E-state index is 0.0325. The highest BCUT2D eigenvalue weighted by Gasteiger charge is 2.41. The van der Waals surface area contributed by atoms with Gasteiger partial charge in [-0.05, 0) is 54.7 Å². The first-order chi connectivity index (χ1) is 17.4. The molecule has 1 aromatic heterocycles. The first kappa shape index (κ1) is 25.7. The van der Waals surface area contributed by atoms with Crippen LogP contribution in [0.4, 0.5) is 10.5 Å². The van der Waals surface area contributed by atoms with Gasteiger partial charge in [-0.1, -0.05) is 29.8 Å². The van der Waals surface area contributed by atoms with Gasteiger partial charge in [0.15, 0.2) is 0 Å². The Bertz CT molecular complexity index is 1180. The predicted molar refractivity (Wildman–Crippen MR) is 141 cm³/mol. The SMILES string of the molecule is CC=O.CN(C)c1cnn(C(=O)N2CC3CN(Cc4cccc(Oc5cccc(Cl)c5)c4)CC3C2)c1. The van der Waals surface area contributed by atoms with Gasteiger partial charge >= 0.3 is 6.03 Å². The molecule has 0 N–H and O–H groups in total. The van der Waals surface area contributed by atoms with Gasteiger partial charge in [0, 0.05) is 51.8 Å². The molecule has 8 nitrogen and oxygen atoms in total. The van der Waals surface area contributed by atoms with Crippen molar-refractivity contribution in [1.82, 2.24) is 19.6 Å². The second-order valence-electron chi connectivity index (χ2n) is 9.38. The molecule has 0 saturated carbocycles. The lowest BCUT2D eigenvalue weighted by Gasteiger charge is -2.21. The fourth-order valence-electron chi connectivity index (χ4n) is 4.80. The van der Waals surface area contributed by atoms with Crippen LogP contribution in [0, 0.1) is 11.8 Å². The van der Waals surface area contributed by atoms with Crippen LogP contribution in [0.5, 0.6) is 11.5 Å². The van der Waals surface area contributed by atoms with Gasteiger partial charge in [-0.2, -0.15) is 9.78 Å². The van der Waals surface area contributed by atoms with Crippen LogP contribution in [0.25, 0.3) is 0 Å². The van der Waals surface area contributed by atoms with Crippen LogP contribution in [0.1, 0.15) is 12.5 Å². The van der Waals surface area contributed by atoms with E-state index in [1.165, 1.54) is 17.2 Å². The van der Waals surface area contributed by atoms with Gasteiger partial charge in [0.2, 0.25) is 0 Å². The lowest BCUT2D eigenvalue weighted by molar-refractivity contribution is -0.106. The molecule has 0 bridgehead atoms. The smallest absolute Gasteiger partial charge is 0.344 e. The molecule has 190 valence electrons. The summed E-state index contributed by atoms with van der Waals surface area (Å²) in [5.74, 6) is 2.55. The van der Waals surface area contributed by atoms with E-state index in [-0.39, 0.29) is 6.03 Å². The number of likely N-dealkylation sites (tertiary alicyclic amines) is 2. The van der Waals surface area contributed by atoms with Gasteiger partial charge in [-0.25, -0.2) is 4.79 Å². The summed E-state index contributed by atoms with van der Waals surface area (Å²) >= 11 is 6.06. The van der Waals surface area contributed by atoms with Gasteiger partial charge in [-0.3, -0.25) is 4.90 Å². The number of fused-ring (bicyclic) bond motifs is 1. The number of ether oxygens (including phenoxy) is 1. The van der Waals surface area contributed by atoms with Crippen molar-refractivity contribution in [2.24, 2.45) is 11.8 Å². The molecule has 2 aromatic carbocycles. The normalized spacial score (nSPS) is 18.8. The van der Waals surface area contributed by atoms with Crippen LogP contribution in [0.15, 0.2) is 60.9 Å². The van der Waals surface area contributed by atoms with E-state index < -0.39 is 0 Å². The van der Waals surface area contributed by atoms with E-state index in [0.29, 0.717) is 16.9 Å². The largest absolute Gasteiger partial charge is 0.457 e. The Morgan fingerprint density at radius 2 is 1.72 bits per heavy atom. The Morgan fingerprint density at radius 3 is 2.33 bits per heavy atom. The number of aldehydes is 1. The minimum atomic E-state index is -0.0325. The van der Waals surface area contributed by atoms with Gasteiger partial charge in [0.05, 0.1) is 18.1 Å². The number of halogens is 1. The maximum absolute atomic E-state index is 12.9. The van der Waals surface area contributed by atoms with Gasteiger partial charge < -0.3 is 19.3 Å². The highest BCUT2D eigenvalue weighted by atomic mass is 35.5. The summed E-state index contributed by atoms with van der Waals surface area (Å²) < 4.78 is 7.44. The third-order valence-electron chi connectivity index (χ3n) is 6.45. The number of carbonyl (C=O) groups is 2. The molecular weight excluding hydrogens is 478 g/mol. The Labute approximate surface area is 217 Å². The molecule has 2 saturated heterocycles. The molecule has 9 heteroatoms. The second kappa shape index (κ2) is 11.6. The molecular formula is C27H32ClN5O3. The Kier molecular flexibility index (Phi) is 8.28. The third-order valence-corrected chi connectivity index (χ3v) is 6.69. The number of amides is 1. The van der Waals surface area contributed by atoms with E-state index in [9.17, 15) is 4.79 Å². The lowest BCUT2D eigenvalue weighted by Crippen LogP contribution is -2.36. The molecule has 0 radical (unpaired) electrons. The third kappa shape index (κ3) is 6.25.